The van der Waals surface area contributed by atoms with Crippen molar-refractivity contribution in [3.05, 3.63) is 0 Å². The van der Waals surface area contributed by atoms with Crippen molar-refractivity contribution in [2.75, 3.05) is 13.1 Å². The number of hydrogen-bond acceptors (Lipinski definition) is 3. The number of rotatable bonds is 5. The minimum atomic E-state index is -0.732. The second-order valence-electron chi connectivity index (χ2n) is 4.34. The highest BCUT2D eigenvalue weighted by atomic mass is 16.3. The Kier molecular flexibility index (Phi) is 4.73. The van der Waals surface area contributed by atoms with Crippen LogP contribution >= 0.6 is 0 Å². The van der Waals surface area contributed by atoms with E-state index >= 15 is 0 Å². The molecule has 1 aliphatic rings. The standard InChI is InChI=1S/C11H20N2O3/c1-2-9(14)12-7-10(15)13-8-11(16)5-3-4-6-11/h16H,2-8H2,1H3,(H,12,14)(H,13,15). The fraction of sp³-hybridized carbons (Fsp3) is 0.818. The molecule has 0 heterocycles. The molecule has 92 valence electrons. The van der Waals surface area contributed by atoms with E-state index in [4.69, 9.17) is 0 Å². The van der Waals surface area contributed by atoms with Crippen LogP contribution in [0.15, 0.2) is 0 Å². The van der Waals surface area contributed by atoms with Gasteiger partial charge in [0.2, 0.25) is 11.8 Å². The van der Waals surface area contributed by atoms with Crippen molar-refractivity contribution in [3.8, 4) is 0 Å². The largest absolute Gasteiger partial charge is 0.388 e. The van der Waals surface area contributed by atoms with Crippen LogP contribution in [0.25, 0.3) is 0 Å². The summed E-state index contributed by atoms with van der Waals surface area (Å²) in [6.07, 6.45) is 3.89. The van der Waals surface area contributed by atoms with E-state index in [-0.39, 0.29) is 24.9 Å². The lowest BCUT2D eigenvalue weighted by atomic mass is 10.0. The fourth-order valence-corrected chi connectivity index (χ4v) is 1.84. The van der Waals surface area contributed by atoms with Gasteiger partial charge in [-0.3, -0.25) is 9.59 Å². The van der Waals surface area contributed by atoms with Crippen LogP contribution in [0.4, 0.5) is 0 Å². The quantitative estimate of drug-likeness (QED) is 0.616. The monoisotopic (exact) mass is 228 g/mol. The van der Waals surface area contributed by atoms with Gasteiger partial charge in [-0.1, -0.05) is 19.8 Å². The second-order valence-corrected chi connectivity index (χ2v) is 4.34. The molecule has 1 rings (SSSR count). The Morgan fingerprint density at radius 1 is 1.19 bits per heavy atom. The summed E-state index contributed by atoms with van der Waals surface area (Å²) in [5.41, 5.74) is -0.732. The summed E-state index contributed by atoms with van der Waals surface area (Å²) in [4.78, 5) is 22.2. The maximum absolute atomic E-state index is 11.3. The smallest absolute Gasteiger partial charge is 0.239 e. The summed E-state index contributed by atoms with van der Waals surface area (Å²) in [7, 11) is 0. The highest BCUT2D eigenvalue weighted by Crippen LogP contribution is 2.28. The first kappa shape index (κ1) is 13.0. The molecule has 1 saturated carbocycles. The van der Waals surface area contributed by atoms with Crippen molar-refractivity contribution in [1.82, 2.24) is 10.6 Å². The summed E-state index contributed by atoms with van der Waals surface area (Å²) >= 11 is 0. The molecule has 0 saturated heterocycles. The highest BCUT2D eigenvalue weighted by molar-refractivity contribution is 5.84. The predicted octanol–water partition coefficient (Wildman–Crippen LogP) is -0.0661. The maximum atomic E-state index is 11.3. The lowest BCUT2D eigenvalue weighted by Crippen LogP contribution is -2.44. The van der Waals surface area contributed by atoms with E-state index in [0.29, 0.717) is 6.42 Å². The van der Waals surface area contributed by atoms with Gasteiger partial charge in [-0.05, 0) is 12.8 Å². The first-order chi connectivity index (χ1) is 7.56. The number of aliphatic hydroxyl groups is 1. The van der Waals surface area contributed by atoms with Gasteiger partial charge in [0.15, 0.2) is 0 Å². The maximum Gasteiger partial charge on any atom is 0.239 e. The molecule has 0 aromatic rings. The van der Waals surface area contributed by atoms with Crippen molar-refractivity contribution >= 4 is 11.8 Å². The number of carbonyl (C=O) groups excluding carboxylic acids is 2. The van der Waals surface area contributed by atoms with Crippen LogP contribution in [0.3, 0.4) is 0 Å². The van der Waals surface area contributed by atoms with Gasteiger partial charge in [-0.25, -0.2) is 0 Å². The number of carbonyl (C=O) groups is 2. The summed E-state index contributed by atoms with van der Waals surface area (Å²) in [6, 6.07) is 0. The van der Waals surface area contributed by atoms with Crippen molar-refractivity contribution in [2.45, 2.75) is 44.6 Å². The van der Waals surface area contributed by atoms with Crippen LogP contribution < -0.4 is 10.6 Å². The lowest BCUT2D eigenvalue weighted by molar-refractivity contribution is -0.126. The summed E-state index contributed by atoms with van der Waals surface area (Å²) in [6.45, 7) is 2.01. The molecule has 3 N–H and O–H groups in total. The molecule has 0 bridgehead atoms. The van der Waals surface area contributed by atoms with Gasteiger partial charge in [0.1, 0.15) is 0 Å². The third-order valence-corrected chi connectivity index (χ3v) is 2.92. The van der Waals surface area contributed by atoms with Gasteiger partial charge in [0.05, 0.1) is 12.1 Å². The van der Waals surface area contributed by atoms with E-state index in [1.807, 2.05) is 0 Å². The normalized spacial score (nSPS) is 18.1. The zero-order valence-corrected chi connectivity index (χ0v) is 9.71. The van der Waals surface area contributed by atoms with Gasteiger partial charge in [0.25, 0.3) is 0 Å². The molecule has 1 fully saturated rings. The first-order valence-corrected chi connectivity index (χ1v) is 5.81. The minimum absolute atomic E-state index is 0.0112. The van der Waals surface area contributed by atoms with Crippen LogP contribution in [0.5, 0.6) is 0 Å². The minimum Gasteiger partial charge on any atom is -0.388 e. The van der Waals surface area contributed by atoms with Gasteiger partial charge >= 0.3 is 0 Å². The van der Waals surface area contributed by atoms with Crippen LogP contribution in [-0.2, 0) is 9.59 Å². The van der Waals surface area contributed by atoms with Crippen molar-refractivity contribution in [2.24, 2.45) is 0 Å². The van der Waals surface area contributed by atoms with E-state index in [2.05, 4.69) is 10.6 Å². The third kappa shape index (κ3) is 4.18. The molecule has 1 aliphatic carbocycles. The molecule has 5 nitrogen and oxygen atoms in total. The fourth-order valence-electron chi connectivity index (χ4n) is 1.84. The molecule has 0 aromatic carbocycles. The van der Waals surface area contributed by atoms with E-state index in [0.717, 1.165) is 25.7 Å². The van der Waals surface area contributed by atoms with Gasteiger partial charge in [-0.2, -0.15) is 0 Å². The third-order valence-electron chi connectivity index (χ3n) is 2.92. The van der Waals surface area contributed by atoms with Crippen molar-refractivity contribution in [3.63, 3.8) is 0 Å². The number of amides is 2. The molecule has 0 atom stereocenters. The molecular weight excluding hydrogens is 208 g/mol. The predicted molar refractivity (Wildman–Crippen MR) is 59.7 cm³/mol. The van der Waals surface area contributed by atoms with Crippen molar-refractivity contribution in [1.29, 1.82) is 0 Å². The average molecular weight is 228 g/mol. The molecule has 0 radical (unpaired) electrons. The zero-order chi connectivity index (χ0) is 12.0. The van der Waals surface area contributed by atoms with Crippen LogP contribution in [-0.4, -0.2) is 35.6 Å². The Hall–Kier alpha value is -1.10. The van der Waals surface area contributed by atoms with Crippen LogP contribution in [0.2, 0.25) is 0 Å². The summed E-state index contributed by atoms with van der Waals surface area (Å²) in [5, 5.41) is 15.1. The molecule has 0 aliphatic heterocycles. The average Bonchev–Trinajstić information content (AvgIpc) is 2.71. The Bertz CT molecular complexity index is 260. The lowest BCUT2D eigenvalue weighted by Gasteiger charge is -2.22. The molecule has 5 heteroatoms. The summed E-state index contributed by atoms with van der Waals surface area (Å²) < 4.78 is 0. The Morgan fingerprint density at radius 2 is 1.81 bits per heavy atom. The van der Waals surface area contributed by atoms with Gasteiger partial charge < -0.3 is 15.7 Å². The highest BCUT2D eigenvalue weighted by Gasteiger charge is 2.31. The van der Waals surface area contributed by atoms with Crippen molar-refractivity contribution < 1.29 is 14.7 Å². The molecule has 16 heavy (non-hydrogen) atoms. The zero-order valence-electron chi connectivity index (χ0n) is 9.71. The van der Waals surface area contributed by atoms with Crippen LogP contribution in [0, 0.1) is 0 Å². The second kappa shape index (κ2) is 5.84. The Balaban J connectivity index is 2.17. The molecule has 0 unspecified atom stereocenters. The van der Waals surface area contributed by atoms with E-state index in [1.54, 1.807) is 6.92 Å². The van der Waals surface area contributed by atoms with E-state index in [1.165, 1.54) is 0 Å². The van der Waals surface area contributed by atoms with Crippen LogP contribution in [0.1, 0.15) is 39.0 Å². The Morgan fingerprint density at radius 3 is 2.38 bits per heavy atom. The van der Waals surface area contributed by atoms with E-state index < -0.39 is 5.60 Å². The Labute approximate surface area is 95.6 Å². The SMILES string of the molecule is CCC(=O)NCC(=O)NCC1(O)CCCC1. The number of nitrogens with one attached hydrogen (secondary N) is 2. The van der Waals surface area contributed by atoms with E-state index in [9.17, 15) is 14.7 Å². The number of hydrogen-bond donors (Lipinski definition) is 3. The summed E-state index contributed by atoms with van der Waals surface area (Å²) in [5.74, 6) is -0.392. The topological polar surface area (TPSA) is 78.4 Å². The molecular formula is C11H20N2O3. The molecule has 0 spiro atoms. The first-order valence-electron chi connectivity index (χ1n) is 5.81. The van der Waals surface area contributed by atoms with Gasteiger partial charge in [-0.15, -0.1) is 0 Å². The van der Waals surface area contributed by atoms with Gasteiger partial charge in [0, 0.05) is 13.0 Å². The molecule has 2 amide bonds. The molecule has 0 aromatic heterocycles.